The van der Waals surface area contributed by atoms with Gasteiger partial charge in [0.2, 0.25) is 0 Å². The number of nitrogen functional groups attached to an aromatic ring is 4. The lowest BCUT2D eigenvalue weighted by atomic mass is 9.87. The Bertz CT molecular complexity index is 2980. The average molecular weight is 974 g/mol. The largest absolute Gasteiger partial charge is 0.497 e. The van der Waals surface area contributed by atoms with E-state index < -0.39 is 0 Å². The number of ether oxygens (including phenoxy) is 3. The van der Waals surface area contributed by atoms with Crippen LogP contribution in [0, 0.1) is 5.92 Å². The van der Waals surface area contributed by atoms with Gasteiger partial charge in [0, 0.05) is 22.7 Å². The Morgan fingerprint density at radius 2 is 1.04 bits per heavy atom. The van der Waals surface area contributed by atoms with Gasteiger partial charge in [0.15, 0.2) is 0 Å². The number of hydrogen-bond acceptors (Lipinski definition) is 9. The molecule has 0 spiro atoms. The smallest absolute Gasteiger partial charge is 0.338 e. The van der Waals surface area contributed by atoms with Crippen molar-refractivity contribution in [3.63, 3.8) is 0 Å². The minimum Gasteiger partial charge on any atom is -0.497 e. The highest BCUT2D eigenvalue weighted by Gasteiger charge is 2.15. The number of fused-ring (bicyclic) bond motifs is 1. The van der Waals surface area contributed by atoms with Crippen molar-refractivity contribution < 1.29 is 19.0 Å². The van der Waals surface area contributed by atoms with Gasteiger partial charge >= 0.3 is 5.97 Å². The van der Waals surface area contributed by atoms with E-state index in [9.17, 15) is 4.79 Å². The van der Waals surface area contributed by atoms with Crippen LogP contribution in [-0.2, 0) is 10.2 Å². The zero-order valence-electron chi connectivity index (χ0n) is 43.2. The maximum Gasteiger partial charge on any atom is 0.338 e. The molecule has 9 aromatic carbocycles. The highest BCUT2D eigenvalue weighted by molar-refractivity contribution is 5.91. The molecule has 0 aliphatic heterocycles. The first-order valence-corrected chi connectivity index (χ1v) is 24.4. The molecule has 0 radical (unpaired) electrons. The Labute approximate surface area is 433 Å². The molecule has 376 valence electrons. The van der Waals surface area contributed by atoms with Crippen molar-refractivity contribution >= 4 is 56.6 Å². The van der Waals surface area contributed by atoms with E-state index in [1.807, 2.05) is 153 Å². The summed E-state index contributed by atoms with van der Waals surface area (Å²) < 4.78 is 15.3. The number of anilines is 7. The molecule has 9 rings (SSSR count). The van der Waals surface area contributed by atoms with Gasteiger partial charge in [0.1, 0.15) is 11.5 Å². The molecule has 0 heterocycles. The first-order chi connectivity index (χ1) is 35.2. The summed E-state index contributed by atoms with van der Waals surface area (Å²) in [5.41, 5.74) is 33.6. The van der Waals surface area contributed by atoms with Gasteiger partial charge in [0.25, 0.3) is 0 Å². The highest BCUT2D eigenvalue weighted by Crippen LogP contribution is 2.37. The van der Waals surface area contributed by atoms with Crippen LogP contribution in [0.4, 0.5) is 39.8 Å². The van der Waals surface area contributed by atoms with Gasteiger partial charge in [-0.1, -0.05) is 174 Å². The number of nitrogens with zero attached hydrogens (tertiary/aromatic N) is 1. The van der Waals surface area contributed by atoms with Gasteiger partial charge in [-0.2, -0.15) is 0 Å². The first kappa shape index (κ1) is 55.2. The van der Waals surface area contributed by atoms with Crippen LogP contribution >= 0.6 is 0 Å². The fourth-order valence-electron chi connectivity index (χ4n) is 7.16. The van der Waals surface area contributed by atoms with Crippen molar-refractivity contribution in [2.45, 2.75) is 46.5 Å². The topological polar surface area (TPSA) is 152 Å². The first-order valence-electron chi connectivity index (χ1n) is 24.4. The number of hydrogen-bond donors (Lipinski definition) is 4. The van der Waals surface area contributed by atoms with E-state index >= 15 is 0 Å². The molecule has 9 nitrogen and oxygen atoms in total. The molecule has 1 unspecified atom stereocenters. The van der Waals surface area contributed by atoms with E-state index in [1.165, 1.54) is 34.6 Å². The summed E-state index contributed by atoms with van der Waals surface area (Å²) >= 11 is 0. The van der Waals surface area contributed by atoms with E-state index in [0.29, 0.717) is 29.5 Å². The molecule has 0 amide bonds. The Balaban J connectivity index is 0.000000172. The minimum atomic E-state index is -0.348. The van der Waals surface area contributed by atoms with Crippen molar-refractivity contribution in [3.05, 3.63) is 236 Å². The quantitative estimate of drug-likeness (QED) is 0.0775. The van der Waals surface area contributed by atoms with Crippen molar-refractivity contribution in [2.75, 3.05) is 48.7 Å². The second-order valence-corrected chi connectivity index (χ2v) is 18.2. The lowest BCUT2D eigenvalue weighted by Gasteiger charge is -2.26. The molecule has 0 aromatic heterocycles. The maximum atomic E-state index is 11.7. The van der Waals surface area contributed by atoms with Crippen molar-refractivity contribution in [2.24, 2.45) is 5.92 Å². The molecular weight excluding hydrogens is 903 g/mol. The number of para-hydroxylation sites is 4. The van der Waals surface area contributed by atoms with Crippen molar-refractivity contribution in [1.29, 1.82) is 0 Å². The second kappa shape index (κ2) is 28.2. The zero-order chi connectivity index (χ0) is 52.6. The molecule has 8 N–H and O–H groups in total. The van der Waals surface area contributed by atoms with E-state index in [4.69, 9.17) is 37.1 Å². The summed E-state index contributed by atoms with van der Waals surface area (Å²) in [5.74, 6) is 1.50. The molecule has 0 saturated heterocycles. The summed E-state index contributed by atoms with van der Waals surface area (Å²) in [4.78, 5) is 13.9. The number of esters is 1. The molecule has 0 aliphatic carbocycles. The number of carbonyl (C=O) groups excluding carboxylic acids is 1. The third kappa shape index (κ3) is 17.6. The van der Waals surface area contributed by atoms with Crippen molar-refractivity contribution in [1.82, 2.24) is 0 Å². The maximum absolute atomic E-state index is 11.7. The highest BCUT2D eigenvalue weighted by atomic mass is 16.5. The normalized spacial score (nSPS) is 10.7. The predicted octanol–water partition coefficient (Wildman–Crippen LogP) is 15.6. The summed E-state index contributed by atoms with van der Waals surface area (Å²) in [6.45, 7) is 11.1. The Morgan fingerprint density at radius 1 is 0.521 bits per heavy atom. The van der Waals surface area contributed by atoms with Crippen LogP contribution in [0.15, 0.2) is 224 Å². The summed E-state index contributed by atoms with van der Waals surface area (Å²) in [6.07, 6.45) is 0.984. The van der Waals surface area contributed by atoms with Crippen LogP contribution in [0.25, 0.3) is 21.9 Å². The van der Waals surface area contributed by atoms with Gasteiger partial charge in [-0.15, -0.1) is 0 Å². The molecule has 73 heavy (non-hydrogen) atoms. The van der Waals surface area contributed by atoms with Crippen LogP contribution in [0.1, 0.15) is 57.0 Å². The number of carbonyl (C=O) groups is 1. The number of benzene rings is 9. The average Bonchev–Trinajstić information content (AvgIpc) is 3.42. The molecule has 9 aromatic rings. The summed E-state index contributed by atoms with van der Waals surface area (Å²) in [6, 6.07) is 73.8. The van der Waals surface area contributed by atoms with Gasteiger partial charge in [-0.3, -0.25) is 0 Å². The van der Waals surface area contributed by atoms with Crippen LogP contribution in [0.5, 0.6) is 11.5 Å². The zero-order valence-corrected chi connectivity index (χ0v) is 43.2. The molecule has 1 atom stereocenters. The van der Waals surface area contributed by atoms with E-state index in [-0.39, 0.29) is 11.4 Å². The lowest BCUT2D eigenvalue weighted by molar-refractivity contribution is 0.0447. The van der Waals surface area contributed by atoms with Gasteiger partial charge in [-0.05, 0) is 130 Å². The van der Waals surface area contributed by atoms with Crippen molar-refractivity contribution in [3.8, 4) is 22.6 Å². The van der Waals surface area contributed by atoms with Gasteiger partial charge < -0.3 is 42.0 Å². The van der Waals surface area contributed by atoms with Crippen LogP contribution in [0.2, 0.25) is 0 Å². The number of nitrogens with two attached hydrogens (primary N) is 4. The Kier molecular flexibility index (Phi) is 21.4. The Hall–Kier alpha value is -8.69. The lowest BCUT2D eigenvalue weighted by Crippen LogP contribution is -2.12. The SMILES string of the molecule is CCC(C)COC(=O)c1ccc(OC)c(N)c1.COc1ccc(C(C)(C)C)cc1.Nc1ccc(-c2ccccc2)cc1.Nc1ccc2ccccc2c1.Nc1ccccc1N(c1ccccc1)c1ccccc1. The molecule has 0 saturated carbocycles. The number of methoxy groups -OCH3 is 2. The van der Waals surface area contributed by atoms with E-state index in [2.05, 4.69) is 93.3 Å². The molecular formula is C64H71N5O4. The van der Waals surface area contributed by atoms with Gasteiger partial charge in [0.05, 0.1) is 43.5 Å². The third-order valence-corrected chi connectivity index (χ3v) is 11.6. The molecule has 0 fully saturated rings. The Morgan fingerprint density at radius 3 is 1.58 bits per heavy atom. The fourth-order valence-corrected chi connectivity index (χ4v) is 7.16. The standard InChI is InChI=1S/C18H16N2.C13H19NO3.C12H11N.C11H16O.C10H9N/c19-17-13-7-8-14-18(17)20(15-9-3-1-4-10-15)16-11-5-2-6-12-16;1-4-9(2)8-17-13(15)10-5-6-12(16-3)11(14)7-10;13-12-8-6-11(7-9-12)10-4-2-1-3-5-10;1-11(2,3)9-5-7-10(12-4)8-6-9;11-10-6-5-8-3-1-2-4-9(8)7-10/h1-14H,19H2;5-7,9H,4,8,14H2,1-3H3;1-9H,13H2;5-8H,1-4H3;1-7H,11H2. The van der Waals surface area contributed by atoms with E-state index in [1.54, 1.807) is 25.3 Å². The summed E-state index contributed by atoms with van der Waals surface area (Å²) in [7, 11) is 3.22. The molecule has 0 bridgehead atoms. The number of rotatable bonds is 10. The van der Waals surface area contributed by atoms with Crippen LogP contribution in [-0.4, -0.2) is 26.8 Å². The second-order valence-electron chi connectivity index (χ2n) is 18.2. The molecule has 0 aliphatic rings. The van der Waals surface area contributed by atoms with E-state index in [0.717, 1.165) is 46.3 Å². The van der Waals surface area contributed by atoms with Gasteiger partial charge in [-0.25, -0.2) is 4.79 Å². The predicted molar refractivity (Wildman–Crippen MR) is 309 cm³/mol. The third-order valence-electron chi connectivity index (χ3n) is 11.6. The monoisotopic (exact) mass is 974 g/mol. The fraction of sp³-hybridized carbons (Fsp3) is 0.172. The summed E-state index contributed by atoms with van der Waals surface area (Å²) in [5, 5.41) is 2.44. The molecule has 9 heteroatoms. The van der Waals surface area contributed by atoms with Crippen LogP contribution < -0.4 is 37.3 Å². The van der Waals surface area contributed by atoms with Crippen LogP contribution in [0.3, 0.4) is 0 Å². The minimum absolute atomic E-state index is 0.228.